The molecule has 0 spiro atoms. The molecule has 11 nitrogen and oxygen atoms in total. The number of rotatable bonds is 1. The van der Waals surface area contributed by atoms with Crippen LogP contribution in [0.2, 0.25) is 0 Å². The van der Waals surface area contributed by atoms with E-state index in [0.717, 1.165) is 16.8 Å². The average Bonchev–Trinajstić information content (AvgIpc) is 3.49. The Kier molecular flexibility index (Phi) is 5.57. The Morgan fingerprint density at radius 3 is 2.76 bits per heavy atom. The molecule has 37 heavy (non-hydrogen) atoms. The minimum atomic E-state index is -4.07. The minimum Gasteiger partial charge on any atom is -0.480 e. The van der Waals surface area contributed by atoms with Gasteiger partial charge in [0.15, 0.2) is 0 Å². The Hall–Kier alpha value is -4.36. The van der Waals surface area contributed by atoms with Crippen molar-refractivity contribution in [3.63, 3.8) is 0 Å². The standard InChI is InChI=1S/C24H19N7O4S2/c1-35-22-20-8-17(12-27-22)23-29-31-18(13-28-24(31)36-23)6-14-5-15(10-25-9-14)11-26-21(32)16-3-2-4-19(7-16)37(33,34)30-20/h2-5,7-10,12-13,30H,6,11H2,1H3,(H,26,32). The van der Waals surface area contributed by atoms with Crippen molar-refractivity contribution in [2.24, 2.45) is 0 Å². The number of pyridine rings is 2. The highest BCUT2D eigenvalue weighted by atomic mass is 32.2. The molecule has 0 fully saturated rings. The van der Waals surface area contributed by atoms with Crippen molar-refractivity contribution in [1.82, 2.24) is 29.9 Å². The second-order valence-corrected chi connectivity index (χ2v) is 11.0. The highest BCUT2D eigenvalue weighted by Crippen LogP contribution is 2.32. The normalized spacial score (nSPS) is 14.8. The Balaban J connectivity index is 1.51. The van der Waals surface area contributed by atoms with E-state index in [-0.39, 0.29) is 28.6 Å². The Labute approximate surface area is 215 Å². The van der Waals surface area contributed by atoms with Gasteiger partial charge < -0.3 is 10.1 Å². The highest BCUT2D eigenvalue weighted by molar-refractivity contribution is 7.92. The largest absolute Gasteiger partial charge is 0.480 e. The molecule has 0 radical (unpaired) electrons. The number of methoxy groups -OCH3 is 1. The molecule has 0 unspecified atom stereocenters. The maximum Gasteiger partial charge on any atom is 0.262 e. The van der Waals surface area contributed by atoms with Gasteiger partial charge in [0.05, 0.1) is 23.9 Å². The molecule has 8 bridgehead atoms. The van der Waals surface area contributed by atoms with E-state index in [2.05, 4.69) is 25.0 Å². The second-order valence-electron chi connectivity index (χ2n) is 8.33. The Bertz CT molecular complexity index is 1780. The average molecular weight is 534 g/mol. The van der Waals surface area contributed by atoms with Gasteiger partial charge in [0.2, 0.25) is 10.8 Å². The first-order valence-electron chi connectivity index (χ1n) is 11.1. The first-order valence-corrected chi connectivity index (χ1v) is 13.4. The predicted octanol–water partition coefficient (Wildman–Crippen LogP) is 2.89. The molecule has 1 aliphatic rings. The van der Waals surface area contributed by atoms with Crippen LogP contribution in [0.25, 0.3) is 15.5 Å². The van der Waals surface area contributed by atoms with E-state index >= 15 is 0 Å². The molecule has 1 aliphatic heterocycles. The van der Waals surface area contributed by atoms with Gasteiger partial charge in [-0.25, -0.2) is 22.9 Å². The number of nitrogens with one attached hydrogen (secondary N) is 2. The molecule has 2 N–H and O–H groups in total. The molecule has 5 aromatic rings. The van der Waals surface area contributed by atoms with Crippen molar-refractivity contribution < 1.29 is 17.9 Å². The number of carbonyl (C=O) groups is 1. The van der Waals surface area contributed by atoms with Crippen molar-refractivity contribution in [1.29, 1.82) is 0 Å². The van der Waals surface area contributed by atoms with Gasteiger partial charge in [-0.1, -0.05) is 23.5 Å². The lowest BCUT2D eigenvalue weighted by Gasteiger charge is -2.13. The zero-order chi connectivity index (χ0) is 25.6. The molecule has 1 amide bonds. The number of hydrogen-bond acceptors (Lipinski definition) is 9. The monoisotopic (exact) mass is 533 g/mol. The van der Waals surface area contributed by atoms with Gasteiger partial charge in [-0.2, -0.15) is 5.10 Å². The number of fused-ring (bicyclic) bond motifs is 8. The molecule has 6 rings (SSSR count). The van der Waals surface area contributed by atoms with E-state index in [9.17, 15) is 13.2 Å². The molecule has 186 valence electrons. The van der Waals surface area contributed by atoms with E-state index in [4.69, 9.17) is 9.84 Å². The quantitative estimate of drug-likeness (QED) is 0.335. The summed E-state index contributed by atoms with van der Waals surface area (Å²) in [5.41, 5.74) is 3.55. The number of imidazole rings is 1. The van der Waals surface area contributed by atoms with E-state index in [1.165, 1.54) is 36.6 Å². The van der Waals surface area contributed by atoms with Crippen molar-refractivity contribution in [2.45, 2.75) is 17.9 Å². The van der Waals surface area contributed by atoms with E-state index in [1.54, 1.807) is 41.4 Å². The summed E-state index contributed by atoms with van der Waals surface area (Å²) in [7, 11) is -2.67. The molecule has 4 aromatic heterocycles. The maximum atomic E-state index is 13.3. The summed E-state index contributed by atoms with van der Waals surface area (Å²) >= 11 is 1.36. The first kappa shape index (κ1) is 23.1. The van der Waals surface area contributed by atoms with E-state index in [0.29, 0.717) is 22.0 Å². The van der Waals surface area contributed by atoms with Gasteiger partial charge in [-0.15, -0.1) is 0 Å². The summed E-state index contributed by atoms with van der Waals surface area (Å²) < 4.78 is 36.1. The fourth-order valence-electron chi connectivity index (χ4n) is 4.01. The van der Waals surface area contributed by atoms with Gasteiger partial charge in [0.1, 0.15) is 10.7 Å². The number of nitrogens with zero attached hydrogens (tertiary/aromatic N) is 5. The number of benzene rings is 1. The topological polar surface area (TPSA) is 140 Å². The van der Waals surface area contributed by atoms with Gasteiger partial charge in [-0.05, 0) is 35.4 Å². The lowest BCUT2D eigenvalue weighted by Crippen LogP contribution is -2.23. The smallest absolute Gasteiger partial charge is 0.262 e. The molecule has 5 heterocycles. The lowest BCUT2D eigenvalue weighted by atomic mass is 10.1. The molecular weight excluding hydrogens is 514 g/mol. The van der Waals surface area contributed by atoms with Crippen molar-refractivity contribution in [3.05, 3.63) is 83.6 Å². The van der Waals surface area contributed by atoms with Crippen molar-refractivity contribution >= 4 is 37.9 Å². The maximum absolute atomic E-state index is 13.3. The van der Waals surface area contributed by atoms with Crippen LogP contribution in [0.15, 0.2) is 66.1 Å². The molecule has 0 aliphatic carbocycles. The third-order valence-corrected chi connectivity index (χ3v) is 8.12. The van der Waals surface area contributed by atoms with Crippen LogP contribution in [0.1, 0.15) is 27.2 Å². The summed E-state index contributed by atoms with van der Waals surface area (Å²) in [4.78, 5) is 26.5. The molecule has 1 aromatic carbocycles. The number of aromatic nitrogens is 5. The van der Waals surface area contributed by atoms with E-state index in [1.807, 2.05) is 6.07 Å². The first-order chi connectivity index (χ1) is 17.9. The zero-order valence-corrected chi connectivity index (χ0v) is 21.0. The number of anilines is 1. The third kappa shape index (κ3) is 4.38. The molecule has 0 saturated heterocycles. The van der Waals surface area contributed by atoms with Crippen LogP contribution in [0.4, 0.5) is 5.69 Å². The predicted molar refractivity (Wildman–Crippen MR) is 136 cm³/mol. The summed E-state index contributed by atoms with van der Waals surface area (Å²) in [6.07, 6.45) is 7.30. The van der Waals surface area contributed by atoms with Crippen LogP contribution >= 0.6 is 11.3 Å². The molecule has 0 saturated carbocycles. The summed E-state index contributed by atoms with van der Waals surface area (Å²) in [6, 6.07) is 9.37. The zero-order valence-electron chi connectivity index (χ0n) is 19.4. The van der Waals surface area contributed by atoms with Crippen LogP contribution < -0.4 is 14.8 Å². The van der Waals surface area contributed by atoms with Crippen LogP contribution in [0, 0.1) is 0 Å². The Morgan fingerprint density at radius 2 is 1.89 bits per heavy atom. The fourth-order valence-corrected chi connectivity index (χ4v) is 5.98. The van der Waals surface area contributed by atoms with Crippen LogP contribution in [0.3, 0.4) is 0 Å². The fraction of sp³-hybridized carbons (Fsp3) is 0.125. The molecular formula is C24H19N7O4S2. The Morgan fingerprint density at radius 1 is 1.03 bits per heavy atom. The number of sulfonamides is 1. The van der Waals surface area contributed by atoms with Crippen LogP contribution in [-0.4, -0.2) is 46.0 Å². The highest BCUT2D eigenvalue weighted by Gasteiger charge is 2.21. The van der Waals surface area contributed by atoms with Gasteiger partial charge >= 0.3 is 0 Å². The summed E-state index contributed by atoms with van der Waals surface area (Å²) in [5.74, 6) is -0.310. The SMILES string of the molecule is COc1ncc2cc1NS(=O)(=O)c1cccc(c1)C(=O)NCc1cncc(c1)Cc1cnc3sc-2nn13. The molecule has 0 atom stereocenters. The van der Waals surface area contributed by atoms with Crippen LogP contribution in [-0.2, 0) is 23.0 Å². The number of carbonyl (C=O) groups excluding carboxylic acids is 1. The summed E-state index contributed by atoms with van der Waals surface area (Å²) in [5, 5.41) is 8.14. The van der Waals surface area contributed by atoms with Crippen molar-refractivity contribution in [2.75, 3.05) is 11.8 Å². The molecule has 13 heteroatoms. The third-order valence-electron chi connectivity index (χ3n) is 5.79. The van der Waals surface area contributed by atoms with Crippen molar-refractivity contribution in [3.8, 4) is 16.5 Å². The van der Waals surface area contributed by atoms with Gasteiger partial charge in [0.25, 0.3) is 15.9 Å². The number of amides is 1. The summed E-state index contributed by atoms with van der Waals surface area (Å²) in [6.45, 7) is 0.228. The van der Waals surface area contributed by atoms with Crippen LogP contribution in [0.5, 0.6) is 5.88 Å². The van der Waals surface area contributed by atoms with E-state index < -0.39 is 15.9 Å². The van der Waals surface area contributed by atoms with Gasteiger partial charge in [-0.3, -0.25) is 14.5 Å². The number of ether oxygens (including phenoxy) is 1. The minimum absolute atomic E-state index is 0.0773. The second kappa shape index (κ2) is 8.94. The van der Waals surface area contributed by atoms with Gasteiger partial charge in [0, 0.05) is 42.7 Å². The number of hydrogen-bond donors (Lipinski definition) is 2. The lowest BCUT2D eigenvalue weighted by molar-refractivity contribution is 0.0950.